The van der Waals surface area contributed by atoms with Crippen LogP contribution in [0.1, 0.15) is 54.1 Å². The monoisotopic (exact) mass is 430 g/mol. The molecule has 1 unspecified atom stereocenters. The normalized spacial score (nSPS) is 11.8. The second kappa shape index (κ2) is 12.3. The molecule has 0 saturated carbocycles. The topological polar surface area (TPSA) is 59.9 Å². The zero-order valence-corrected chi connectivity index (χ0v) is 18.7. The molecule has 0 aliphatic heterocycles. The van der Waals surface area contributed by atoms with Crippen molar-refractivity contribution in [2.24, 2.45) is 5.10 Å². The Labute approximate surface area is 190 Å². The highest BCUT2D eigenvalue weighted by Crippen LogP contribution is 2.21. The van der Waals surface area contributed by atoms with Gasteiger partial charge in [0, 0.05) is 12.0 Å². The second-order valence-corrected chi connectivity index (χ2v) is 7.56. The van der Waals surface area contributed by atoms with Crippen molar-refractivity contribution in [1.82, 2.24) is 5.43 Å². The number of nitrogens with zero attached hydrogens (tertiary/aromatic N) is 1. The number of nitrogens with one attached hydrogen (secondary N) is 1. The molecule has 166 valence electrons. The third-order valence-corrected chi connectivity index (χ3v) is 5.18. The molecule has 0 aromatic heterocycles. The summed E-state index contributed by atoms with van der Waals surface area (Å²) in [5.41, 5.74) is 5.30. The summed E-state index contributed by atoms with van der Waals surface area (Å²) in [4.78, 5) is 12.0. The van der Waals surface area contributed by atoms with Crippen molar-refractivity contribution in [3.8, 4) is 11.5 Å². The molecule has 3 rings (SSSR count). The van der Waals surface area contributed by atoms with Crippen LogP contribution in [0.15, 0.2) is 84.0 Å². The summed E-state index contributed by atoms with van der Waals surface area (Å²) in [6, 6.07) is 24.9. The van der Waals surface area contributed by atoms with E-state index in [1.165, 1.54) is 5.56 Å². The first-order chi connectivity index (χ1) is 15.7. The smallest absolute Gasteiger partial charge is 0.271 e. The number of carbonyl (C=O) groups is 1. The Morgan fingerprint density at radius 2 is 1.50 bits per heavy atom. The summed E-state index contributed by atoms with van der Waals surface area (Å²) in [5.74, 6) is 2.01. The molecule has 0 fully saturated rings. The predicted octanol–water partition coefficient (Wildman–Crippen LogP) is 5.81. The molecule has 0 heterocycles. The summed E-state index contributed by atoms with van der Waals surface area (Å²) >= 11 is 0. The lowest BCUT2D eigenvalue weighted by Gasteiger charge is -2.11. The molecule has 1 atom stereocenters. The first kappa shape index (κ1) is 23.1. The molecule has 0 saturated heterocycles. The van der Waals surface area contributed by atoms with Gasteiger partial charge in [-0.2, -0.15) is 5.10 Å². The van der Waals surface area contributed by atoms with Crippen molar-refractivity contribution >= 4 is 12.1 Å². The van der Waals surface area contributed by atoms with Crippen LogP contribution in [-0.2, 0) is 0 Å². The Morgan fingerprint density at radius 3 is 2.09 bits per heavy atom. The largest absolute Gasteiger partial charge is 0.493 e. The average molecular weight is 431 g/mol. The molecule has 0 aliphatic carbocycles. The summed E-state index contributed by atoms with van der Waals surface area (Å²) < 4.78 is 11.6. The first-order valence-corrected chi connectivity index (χ1v) is 11.0. The zero-order valence-electron chi connectivity index (χ0n) is 18.7. The molecular formula is C27H30N2O3. The molecule has 3 aromatic carbocycles. The van der Waals surface area contributed by atoms with Crippen LogP contribution >= 0.6 is 0 Å². The molecule has 0 aliphatic rings. The fraction of sp³-hybridized carbons (Fsp3) is 0.259. The molecule has 32 heavy (non-hydrogen) atoms. The molecule has 1 N–H and O–H groups in total. The zero-order chi connectivity index (χ0) is 22.6. The van der Waals surface area contributed by atoms with Gasteiger partial charge in [0.25, 0.3) is 5.91 Å². The van der Waals surface area contributed by atoms with Crippen LogP contribution in [0.25, 0.3) is 0 Å². The molecule has 1 amide bonds. The predicted molar refractivity (Wildman–Crippen MR) is 129 cm³/mol. The summed E-state index contributed by atoms with van der Waals surface area (Å²) in [6.45, 7) is 5.61. The number of hydrogen-bond donors (Lipinski definition) is 1. The van der Waals surface area contributed by atoms with E-state index in [2.05, 4.69) is 36.5 Å². The van der Waals surface area contributed by atoms with Crippen LogP contribution in [0.2, 0.25) is 0 Å². The lowest BCUT2D eigenvalue weighted by molar-refractivity contribution is 0.0955. The maximum absolute atomic E-state index is 12.0. The number of hydrogen-bond acceptors (Lipinski definition) is 4. The molecule has 0 radical (unpaired) electrons. The maximum Gasteiger partial charge on any atom is 0.271 e. The van der Waals surface area contributed by atoms with Crippen LogP contribution in [0.3, 0.4) is 0 Å². The molecule has 3 aromatic rings. The lowest BCUT2D eigenvalue weighted by Crippen LogP contribution is -2.17. The third kappa shape index (κ3) is 7.27. The van der Waals surface area contributed by atoms with Gasteiger partial charge < -0.3 is 9.47 Å². The van der Waals surface area contributed by atoms with E-state index < -0.39 is 0 Å². The Balaban J connectivity index is 1.34. The number of benzene rings is 3. The molecule has 0 spiro atoms. The number of rotatable bonds is 11. The fourth-order valence-corrected chi connectivity index (χ4v) is 3.04. The average Bonchev–Trinajstić information content (AvgIpc) is 2.85. The maximum atomic E-state index is 12.0. The van der Waals surface area contributed by atoms with Crippen molar-refractivity contribution in [1.29, 1.82) is 0 Å². The van der Waals surface area contributed by atoms with Gasteiger partial charge in [0.2, 0.25) is 0 Å². The SMILES string of the molecule is CCC(C)c1ccc(OCCCOc2ccc(/C=N/NC(=O)c3ccccc3)cc2)cc1. The van der Waals surface area contributed by atoms with Crippen LogP contribution in [0.5, 0.6) is 11.5 Å². The Morgan fingerprint density at radius 1 is 0.906 bits per heavy atom. The van der Waals surface area contributed by atoms with Gasteiger partial charge in [-0.05, 0) is 72.0 Å². The van der Waals surface area contributed by atoms with Gasteiger partial charge in [-0.3, -0.25) is 4.79 Å². The van der Waals surface area contributed by atoms with Crippen LogP contribution in [-0.4, -0.2) is 25.3 Å². The minimum absolute atomic E-state index is 0.240. The standard InChI is InChI=1S/C27H30N2O3/c1-3-21(2)23-12-16-26(17-13-23)32-19-7-18-31-25-14-10-22(11-15-25)20-28-29-27(30)24-8-5-4-6-9-24/h4-6,8-17,20-21H,3,7,18-19H2,1-2H3,(H,29,30)/b28-20+. The van der Waals surface area contributed by atoms with Gasteiger partial charge in [-0.15, -0.1) is 0 Å². The Kier molecular flexibility index (Phi) is 8.87. The van der Waals surface area contributed by atoms with E-state index in [4.69, 9.17) is 9.47 Å². The van der Waals surface area contributed by atoms with Gasteiger partial charge >= 0.3 is 0 Å². The van der Waals surface area contributed by atoms with E-state index in [1.807, 2.05) is 54.6 Å². The number of amides is 1. The number of hydrazone groups is 1. The molecule has 5 heteroatoms. The summed E-state index contributed by atoms with van der Waals surface area (Å²) in [7, 11) is 0. The molecule has 0 bridgehead atoms. The van der Waals surface area contributed by atoms with E-state index >= 15 is 0 Å². The van der Waals surface area contributed by atoms with E-state index in [1.54, 1.807) is 18.3 Å². The third-order valence-electron chi connectivity index (χ3n) is 5.18. The first-order valence-electron chi connectivity index (χ1n) is 11.0. The van der Waals surface area contributed by atoms with Crippen molar-refractivity contribution in [3.05, 3.63) is 95.6 Å². The van der Waals surface area contributed by atoms with Gasteiger partial charge in [-0.1, -0.05) is 44.2 Å². The van der Waals surface area contributed by atoms with E-state index in [-0.39, 0.29) is 5.91 Å². The van der Waals surface area contributed by atoms with E-state index in [9.17, 15) is 4.79 Å². The highest BCUT2D eigenvalue weighted by atomic mass is 16.5. The van der Waals surface area contributed by atoms with E-state index in [0.29, 0.717) is 24.7 Å². The number of carbonyl (C=O) groups excluding carboxylic acids is 1. The van der Waals surface area contributed by atoms with Crippen molar-refractivity contribution in [2.45, 2.75) is 32.6 Å². The highest BCUT2D eigenvalue weighted by Gasteiger charge is 2.03. The quantitative estimate of drug-likeness (QED) is 0.237. The Hall–Kier alpha value is -3.60. The molecular weight excluding hydrogens is 400 g/mol. The van der Waals surface area contributed by atoms with Gasteiger partial charge in [0.1, 0.15) is 11.5 Å². The fourth-order valence-electron chi connectivity index (χ4n) is 3.04. The van der Waals surface area contributed by atoms with Crippen molar-refractivity contribution in [2.75, 3.05) is 13.2 Å². The Bertz CT molecular complexity index is 984. The molecule has 5 nitrogen and oxygen atoms in total. The van der Waals surface area contributed by atoms with Crippen molar-refractivity contribution < 1.29 is 14.3 Å². The van der Waals surface area contributed by atoms with Gasteiger partial charge in [0.15, 0.2) is 0 Å². The summed E-state index contributed by atoms with van der Waals surface area (Å²) in [5, 5.41) is 4.00. The lowest BCUT2D eigenvalue weighted by atomic mass is 9.99. The van der Waals surface area contributed by atoms with Crippen molar-refractivity contribution in [3.63, 3.8) is 0 Å². The van der Waals surface area contributed by atoms with Crippen LogP contribution in [0, 0.1) is 0 Å². The minimum atomic E-state index is -0.240. The highest BCUT2D eigenvalue weighted by molar-refractivity contribution is 5.94. The summed E-state index contributed by atoms with van der Waals surface area (Å²) in [6.07, 6.45) is 3.53. The van der Waals surface area contributed by atoms with E-state index in [0.717, 1.165) is 29.9 Å². The van der Waals surface area contributed by atoms with Gasteiger partial charge in [0.05, 0.1) is 19.4 Å². The minimum Gasteiger partial charge on any atom is -0.493 e. The van der Waals surface area contributed by atoms with Crippen LogP contribution < -0.4 is 14.9 Å². The van der Waals surface area contributed by atoms with Crippen LogP contribution in [0.4, 0.5) is 0 Å². The second-order valence-electron chi connectivity index (χ2n) is 7.56. The number of ether oxygens (including phenoxy) is 2. The van der Waals surface area contributed by atoms with Gasteiger partial charge in [-0.25, -0.2) is 5.43 Å².